The van der Waals surface area contributed by atoms with Crippen LogP contribution in [0.3, 0.4) is 0 Å². The molecule has 2 rings (SSSR count). The van der Waals surface area contributed by atoms with E-state index in [0.717, 1.165) is 12.8 Å². The quantitative estimate of drug-likeness (QED) is 0.760. The number of aryl methyl sites for hydroxylation is 2. The molecule has 0 bridgehead atoms. The molecule has 5 nitrogen and oxygen atoms in total. The van der Waals surface area contributed by atoms with Crippen LogP contribution in [0.15, 0.2) is 53.5 Å². The van der Waals surface area contributed by atoms with Crippen LogP contribution in [0.1, 0.15) is 18.4 Å². The number of ether oxygens (including phenoxy) is 1. The van der Waals surface area contributed by atoms with Gasteiger partial charge in [-0.3, -0.25) is 9.59 Å². The van der Waals surface area contributed by atoms with Crippen LogP contribution in [0.2, 0.25) is 0 Å². The molecular formula is C17H19NO4. The van der Waals surface area contributed by atoms with E-state index in [4.69, 9.17) is 9.84 Å². The minimum Gasteiger partial charge on any atom is -0.488 e. The fourth-order valence-corrected chi connectivity index (χ4v) is 2.12. The first-order valence-corrected chi connectivity index (χ1v) is 7.25. The van der Waals surface area contributed by atoms with Gasteiger partial charge in [0.15, 0.2) is 5.75 Å². The first kappa shape index (κ1) is 15.8. The molecule has 0 aliphatic carbocycles. The second kappa shape index (κ2) is 8.02. The van der Waals surface area contributed by atoms with Gasteiger partial charge in [-0.05, 0) is 30.5 Å². The first-order chi connectivity index (χ1) is 10.7. The number of benzene rings is 1. The average Bonchev–Trinajstić information content (AvgIpc) is 2.52. The monoisotopic (exact) mass is 301 g/mol. The summed E-state index contributed by atoms with van der Waals surface area (Å²) in [7, 11) is 0. The van der Waals surface area contributed by atoms with Gasteiger partial charge in [0.2, 0.25) is 0 Å². The number of pyridine rings is 1. The Labute approximate surface area is 128 Å². The molecule has 116 valence electrons. The molecule has 22 heavy (non-hydrogen) atoms. The van der Waals surface area contributed by atoms with Gasteiger partial charge in [-0.15, -0.1) is 0 Å². The Balaban J connectivity index is 1.86. The third-order valence-corrected chi connectivity index (χ3v) is 3.26. The highest BCUT2D eigenvalue weighted by Crippen LogP contribution is 2.06. The normalized spacial score (nSPS) is 10.4. The van der Waals surface area contributed by atoms with Gasteiger partial charge < -0.3 is 14.4 Å². The SMILES string of the molecule is O=C(O)CCn1cccc(OCCCc2ccccc2)c1=O. The summed E-state index contributed by atoms with van der Waals surface area (Å²) in [5.74, 6) is -0.665. The van der Waals surface area contributed by atoms with Crippen molar-refractivity contribution in [2.45, 2.75) is 25.8 Å². The summed E-state index contributed by atoms with van der Waals surface area (Å²) in [5, 5.41) is 8.67. The first-order valence-electron chi connectivity index (χ1n) is 7.25. The third kappa shape index (κ3) is 4.77. The van der Waals surface area contributed by atoms with Crippen molar-refractivity contribution in [3.05, 3.63) is 64.6 Å². The van der Waals surface area contributed by atoms with Gasteiger partial charge in [0.05, 0.1) is 13.0 Å². The topological polar surface area (TPSA) is 68.5 Å². The van der Waals surface area contributed by atoms with E-state index in [-0.39, 0.29) is 24.3 Å². The largest absolute Gasteiger partial charge is 0.488 e. The summed E-state index contributed by atoms with van der Waals surface area (Å²) in [5.41, 5.74) is 0.946. The van der Waals surface area contributed by atoms with Gasteiger partial charge in [0, 0.05) is 12.7 Å². The molecule has 1 aromatic carbocycles. The number of rotatable bonds is 8. The molecule has 1 heterocycles. The number of carbonyl (C=O) groups is 1. The lowest BCUT2D eigenvalue weighted by Crippen LogP contribution is -2.22. The highest BCUT2D eigenvalue weighted by molar-refractivity contribution is 5.66. The van der Waals surface area contributed by atoms with Crippen molar-refractivity contribution in [3.8, 4) is 5.75 Å². The molecule has 0 saturated carbocycles. The lowest BCUT2D eigenvalue weighted by Gasteiger charge is -2.08. The third-order valence-electron chi connectivity index (χ3n) is 3.26. The number of aliphatic carboxylic acids is 1. The van der Waals surface area contributed by atoms with Crippen molar-refractivity contribution in [3.63, 3.8) is 0 Å². The van der Waals surface area contributed by atoms with Crippen molar-refractivity contribution >= 4 is 5.97 Å². The van der Waals surface area contributed by atoms with Gasteiger partial charge in [0.1, 0.15) is 0 Å². The lowest BCUT2D eigenvalue weighted by molar-refractivity contribution is -0.137. The van der Waals surface area contributed by atoms with Crippen LogP contribution in [-0.2, 0) is 17.8 Å². The second-order valence-corrected chi connectivity index (χ2v) is 4.95. The maximum absolute atomic E-state index is 12.1. The maximum atomic E-state index is 12.1. The standard InChI is InChI=1S/C17H19NO4/c19-16(20)10-12-18-11-4-9-15(17(18)21)22-13-5-8-14-6-2-1-3-7-14/h1-4,6-7,9,11H,5,8,10,12-13H2,(H,19,20). The Bertz CT molecular complexity index is 664. The fraction of sp³-hybridized carbons (Fsp3) is 0.294. The number of carboxylic acid groups (broad SMARTS) is 1. The zero-order chi connectivity index (χ0) is 15.8. The average molecular weight is 301 g/mol. The van der Waals surface area contributed by atoms with Crippen molar-refractivity contribution in [1.29, 1.82) is 0 Å². The van der Waals surface area contributed by atoms with Crippen molar-refractivity contribution in [2.24, 2.45) is 0 Å². The Morgan fingerprint density at radius 1 is 1.14 bits per heavy atom. The second-order valence-electron chi connectivity index (χ2n) is 4.95. The van der Waals surface area contributed by atoms with Gasteiger partial charge in [0.25, 0.3) is 5.56 Å². The van der Waals surface area contributed by atoms with Crippen molar-refractivity contribution in [2.75, 3.05) is 6.61 Å². The molecule has 0 spiro atoms. The molecular weight excluding hydrogens is 282 g/mol. The van der Waals surface area contributed by atoms with E-state index in [2.05, 4.69) is 12.1 Å². The van der Waals surface area contributed by atoms with Crippen LogP contribution in [0.25, 0.3) is 0 Å². The minimum atomic E-state index is -0.930. The summed E-state index contributed by atoms with van der Waals surface area (Å²) in [6.45, 7) is 0.600. The molecule has 0 atom stereocenters. The fourth-order valence-electron chi connectivity index (χ4n) is 2.12. The highest BCUT2D eigenvalue weighted by Gasteiger charge is 2.06. The van der Waals surface area contributed by atoms with Crippen LogP contribution in [0.5, 0.6) is 5.75 Å². The summed E-state index contributed by atoms with van der Waals surface area (Å²) in [6.07, 6.45) is 3.19. The van der Waals surface area contributed by atoms with E-state index in [1.165, 1.54) is 10.1 Å². The van der Waals surface area contributed by atoms with Crippen LogP contribution >= 0.6 is 0 Å². The number of hydrogen-bond donors (Lipinski definition) is 1. The summed E-state index contributed by atoms with van der Waals surface area (Å²) < 4.78 is 6.89. The number of nitrogens with zero attached hydrogens (tertiary/aromatic N) is 1. The van der Waals surface area contributed by atoms with Gasteiger partial charge in [-0.2, -0.15) is 0 Å². The predicted octanol–water partition coefficient (Wildman–Crippen LogP) is 2.33. The van der Waals surface area contributed by atoms with E-state index in [9.17, 15) is 9.59 Å². The van der Waals surface area contributed by atoms with Gasteiger partial charge in [-0.25, -0.2) is 0 Å². The number of hydrogen-bond acceptors (Lipinski definition) is 3. The molecule has 0 aliphatic rings. The van der Waals surface area contributed by atoms with E-state index < -0.39 is 5.97 Å². The Morgan fingerprint density at radius 3 is 2.64 bits per heavy atom. The molecule has 5 heteroatoms. The summed E-state index contributed by atoms with van der Waals surface area (Å²) in [6, 6.07) is 13.4. The Hall–Kier alpha value is -2.56. The van der Waals surface area contributed by atoms with Crippen LogP contribution in [0, 0.1) is 0 Å². The van der Waals surface area contributed by atoms with E-state index >= 15 is 0 Å². The molecule has 1 aromatic heterocycles. The zero-order valence-electron chi connectivity index (χ0n) is 12.3. The number of aromatic nitrogens is 1. The summed E-state index contributed by atoms with van der Waals surface area (Å²) >= 11 is 0. The molecule has 0 radical (unpaired) electrons. The predicted molar refractivity (Wildman–Crippen MR) is 83.2 cm³/mol. The Kier molecular flexibility index (Phi) is 5.77. The van der Waals surface area contributed by atoms with Gasteiger partial charge >= 0.3 is 5.97 Å². The van der Waals surface area contributed by atoms with Crippen LogP contribution in [0.4, 0.5) is 0 Å². The molecule has 2 aromatic rings. The lowest BCUT2D eigenvalue weighted by atomic mass is 10.1. The van der Waals surface area contributed by atoms with Crippen LogP contribution < -0.4 is 10.3 Å². The van der Waals surface area contributed by atoms with Crippen molar-refractivity contribution in [1.82, 2.24) is 4.57 Å². The smallest absolute Gasteiger partial charge is 0.305 e. The molecule has 0 aliphatic heterocycles. The molecule has 0 saturated heterocycles. The molecule has 0 amide bonds. The van der Waals surface area contributed by atoms with E-state index in [1.54, 1.807) is 18.3 Å². The number of carboxylic acids is 1. The highest BCUT2D eigenvalue weighted by atomic mass is 16.5. The van der Waals surface area contributed by atoms with Gasteiger partial charge in [-0.1, -0.05) is 30.3 Å². The zero-order valence-corrected chi connectivity index (χ0v) is 12.3. The molecule has 0 unspecified atom stereocenters. The van der Waals surface area contributed by atoms with Crippen LogP contribution in [-0.4, -0.2) is 22.2 Å². The maximum Gasteiger partial charge on any atom is 0.305 e. The molecule has 1 N–H and O–H groups in total. The summed E-state index contributed by atoms with van der Waals surface area (Å²) in [4.78, 5) is 22.7. The van der Waals surface area contributed by atoms with E-state index in [0.29, 0.717) is 6.61 Å². The van der Waals surface area contributed by atoms with E-state index in [1.807, 2.05) is 18.2 Å². The minimum absolute atomic E-state index is 0.0859. The molecule has 0 fully saturated rings. The Morgan fingerprint density at radius 2 is 1.91 bits per heavy atom. The van der Waals surface area contributed by atoms with Crippen molar-refractivity contribution < 1.29 is 14.6 Å².